The lowest BCUT2D eigenvalue weighted by atomic mass is 9.97. The molecular formula is C26H39ClFN5O4S. The van der Waals surface area contributed by atoms with Crippen molar-refractivity contribution in [2.45, 2.75) is 49.7 Å². The van der Waals surface area contributed by atoms with Crippen molar-refractivity contribution in [3.63, 3.8) is 0 Å². The van der Waals surface area contributed by atoms with Gasteiger partial charge in [-0.2, -0.15) is 4.31 Å². The normalized spacial score (nSPS) is 23.6. The number of hydrogen-bond acceptors (Lipinski definition) is 7. The van der Waals surface area contributed by atoms with Gasteiger partial charge in [0.05, 0.1) is 24.2 Å². The largest absolute Gasteiger partial charge is 0.493 e. The maximum Gasteiger partial charge on any atom is 0.268 e. The fourth-order valence-corrected chi connectivity index (χ4v) is 7.11. The van der Waals surface area contributed by atoms with Crippen LogP contribution >= 0.6 is 11.6 Å². The van der Waals surface area contributed by atoms with E-state index < -0.39 is 21.7 Å². The minimum absolute atomic E-state index is 0.168. The number of piperazine rings is 1. The summed E-state index contributed by atoms with van der Waals surface area (Å²) in [6.07, 6.45) is 2.15. The Balaban J connectivity index is 1.66. The van der Waals surface area contributed by atoms with Crippen molar-refractivity contribution < 1.29 is 22.3 Å². The third kappa shape index (κ3) is 5.82. The van der Waals surface area contributed by atoms with E-state index >= 15 is 0 Å². The Morgan fingerprint density at radius 3 is 2.53 bits per heavy atom. The second-order valence-electron chi connectivity index (χ2n) is 10.0. The SMILES string of the molecule is CCCOc1ccc(S(=O)(=O)N2CCN(CCCF)CC2)cc1C1NC(=O)C2=C1CN(CCC)C(Cl)N2C. The second kappa shape index (κ2) is 12.5. The van der Waals surface area contributed by atoms with Gasteiger partial charge in [-0.25, -0.2) is 8.42 Å². The van der Waals surface area contributed by atoms with Crippen molar-refractivity contribution in [1.29, 1.82) is 0 Å². The standard InChI is InChI=1S/C26H39ClFN5O4S/c1-4-10-32-18-21-23(29-25(34)24(21)30(3)26(32)27)20-17-19(7-8-22(20)37-16-5-2)38(35,36)33-14-12-31(13-15-33)11-6-9-28/h7-8,17,23,26H,4-6,9-16,18H2,1-3H3,(H,29,34). The van der Waals surface area contributed by atoms with Gasteiger partial charge in [-0.15, -0.1) is 0 Å². The van der Waals surface area contributed by atoms with Gasteiger partial charge in [-0.1, -0.05) is 25.4 Å². The number of ether oxygens (including phenoxy) is 1. The molecule has 1 amide bonds. The van der Waals surface area contributed by atoms with E-state index in [-0.39, 0.29) is 17.5 Å². The zero-order chi connectivity index (χ0) is 27.4. The summed E-state index contributed by atoms with van der Waals surface area (Å²) in [5.74, 6) is 0.326. The van der Waals surface area contributed by atoms with Crippen LogP contribution in [0.25, 0.3) is 0 Å². The molecule has 212 valence electrons. The lowest BCUT2D eigenvalue weighted by molar-refractivity contribution is -0.118. The predicted molar refractivity (Wildman–Crippen MR) is 145 cm³/mol. The van der Waals surface area contributed by atoms with E-state index in [1.54, 1.807) is 30.1 Å². The van der Waals surface area contributed by atoms with Gasteiger partial charge >= 0.3 is 0 Å². The van der Waals surface area contributed by atoms with Gasteiger partial charge in [-0.05, 0) is 43.0 Å². The van der Waals surface area contributed by atoms with Crippen molar-refractivity contribution in [3.8, 4) is 5.75 Å². The van der Waals surface area contributed by atoms with Crippen molar-refractivity contribution >= 4 is 27.5 Å². The van der Waals surface area contributed by atoms with Crippen molar-refractivity contribution in [1.82, 2.24) is 24.3 Å². The minimum atomic E-state index is -3.77. The molecule has 0 aliphatic carbocycles. The molecule has 1 saturated heterocycles. The second-order valence-corrected chi connectivity index (χ2v) is 12.3. The van der Waals surface area contributed by atoms with E-state index in [1.165, 1.54) is 4.31 Å². The monoisotopic (exact) mass is 571 g/mol. The summed E-state index contributed by atoms with van der Waals surface area (Å²) in [6, 6.07) is 4.40. The lowest BCUT2D eigenvalue weighted by Gasteiger charge is -2.40. The van der Waals surface area contributed by atoms with Crippen molar-refractivity contribution in [2.24, 2.45) is 0 Å². The first kappa shape index (κ1) is 29.1. The van der Waals surface area contributed by atoms with E-state index in [9.17, 15) is 17.6 Å². The van der Waals surface area contributed by atoms with E-state index in [2.05, 4.69) is 22.0 Å². The molecule has 0 saturated carbocycles. The molecular weight excluding hydrogens is 533 g/mol. The van der Waals surface area contributed by atoms with Crippen LogP contribution in [0.1, 0.15) is 44.7 Å². The number of nitrogens with one attached hydrogen (secondary N) is 1. The fourth-order valence-electron chi connectivity index (χ4n) is 5.39. The molecule has 4 rings (SSSR count). The Labute approximate surface area is 230 Å². The average Bonchev–Trinajstić information content (AvgIpc) is 3.25. The number of rotatable bonds is 11. The quantitative estimate of drug-likeness (QED) is 0.323. The van der Waals surface area contributed by atoms with Crippen molar-refractivity contribution in [2.75, 3.05) is 66.1 Å². The number of sulfonamides is 1. The lowest BCUT2D eigenvalue weighted by Crippen LogP contribution is -2.49. The first-order valence-corrected chi connectivity index (χ1v) is 15.3. The molecule has 38 heavy (non-hydrogen) atoms. The van der Waals surface area contributed by atoms with Crippen LogP contribution in [0.5, 0.6) is 5.75 Å². The maximum atomic E-state index is 13.7. The van der Waals surface area contributed by atoms with Gasteiger partial charge in [-0.3, -0.25) is 14.1 Å². The van der Waals surface area contributed by atoms with Gasteiger partial charge in [0.15, 0.2) is 5.62 Å². The molecule has 3 heterocycles. The van der Waals surface area contributed by atoms with Crippen LogP contribution < -0.4 is 10.1 Å². The topological polar surface area (TPSA) is 85.4 Å². The van der Waals surface area contributed by atoms with E-state index in [0.717, 1.165) is 25.0 Å². The number of likely N-dealkylation sites (N-methyl/N-ethyl adjacent to an activating group) is 1. The number of alkyl halides is 2. The zero-order valence-electron chi connectivity index (χ0n) is 22.5. The molecule has 1 fully saturated rings. The number of halogens is 2. The summed E-state index contributed by atoms with van der Waals surface area (Å²) in [7, 11) is -1.97. The molecule has 12 heteroatoms. The number of carbonyl (C=O) groups excluding carboxylic acids is 1. The summed E-state index contributed by atoms with van der Waals surface area (Å²) in [4.78, 5) is 19.2. The number of nitrogens with zero attached hydrogens (tertiary/aromatic N) is 4. The molecule has 1 aromatic rings. The van der Waals surface area contributed by atoms with Gasteiger partial charge < -0.3 is 19.9 Å². The molecule has 3 aliphatic rings. The Bertz CT molecular complexity index is 1140. The zero-order valence-corrected chi connectivity index (χ0v) is 24.0. The smallest absolute Gasteiger partial charge is 0.268 e. The molecule has 9 nitrogen and oxygen atoms in total. The number of hydrogen-bond donors (Lipinski definition) is 1. The van der Waals surface area contributed by atoms with Crippen LogP contribution in [0.3, 0.4) is 0 Å². The minimum Gasteiger partial charge on any atom is -0.493 e. The van der Waals surface area contributed by atoms with Gasteiger partial charge in [0.1, 0.15) is 11.4 Å². The van der Waals surface area contributed by atoms with E-state index in [4.69, 9.17) is 16.3 Å². The third-order valence-corrected chi connectivity index (χ3v) is 9.80. The van der Waals surface area contributed by atoms with Gasteiger partial charge in [0, 0.05) is 58.4 Å². The summed E-state index contributed by atoms with van der Waals surface area (Å²) in [5.41, 5.74) is 1.57. The average molecular weight is 572 g/mol. The highest BCUT2D eigenvalue weighted by atomic mass is 35.5. The van der Waals surface area contributed by atoms with Crippen LogP contribution in [0, 0.1) is 0 Å². The molecule has 1 N–H and O–H groups in total. The van der Waals surface area contributed by atoms with Gasteiger partial charge in [0.2, 0.25) is 10.0 Å². The Morgan fingerprint density at radius 2 is 1.87 bits per heavy atom. The molecule has 0 spiro atoms. The molecule has 2 atom stereocenters. The highest BCUT2D eigenvalue weighted by molar-refractivity contribution is 7.89. The summed E-state index contributed by atoms with van der Waals surface area (Å²) in [6.45, 7) is 7.90. The Hall–Kier alpha value is -1.92. The highest BCUT2D eigenvalue weighted by Gasteiger charge is 2.43. The van der Waals surface area contributed by atoms with Crippen LogP contribution in [-0.2, 0) is 14.8 Å². The summed E-state index contributed by atoms with van der Waals surface area (Å²) in [5, 5.41) is 3.06. The summed E-state index contributed by atoms with van der Waals surface area (Å²) < 4.78 is 47.4. The summed E-state index contributed by atoms with van der Waals surface area (Å²) >= 11 is 6.65. The fraction of sp³-hybridized carbons (Fsp3) is 0.654. The van der Waals surface area contributed by atoms with E-state index in [0.29, 0.717) is 69.3 Å². The first-order chi connectivity index (χ1) is 18.2. The molecule has 0 bridgehead atoms. The predicted octanol–water partition coefficient (Wildman–Crippen LogP) is 2.75. The maximum absolute atomic E-state index is 13.7. The van der Waals surface area contributed by atoms with Crippen LogP contribution in [-0.4, -0.2) is 105 Å². The molecule has 2 unspecified atom stereocenters. The van der Waals surface area contributed by atoms with Gasteiger partial charge in [0.25, 0.3) is 5.91 Å². The first-order valence-electron chi connectivity index (χ1n) is 13.4. The number of carbonyl (C=O) groups is 1. The molecule has 0 aromatic heterocycles. The molecule has 3 aliphatic heterocycles. The van der Waals surface area contributed by atoms with Crippen molar-refractivity contribution in [3.05, 3.63) is 35.0 Å². The molecule has 1 aromatic carbocycles. The van der Waals surface area contributed by atoms with Crippen LogP contribution in [0.15, 0.2) is 34.4 Å². The Kier molecular flexibility index (Phi) is 9.57. The number of amides is 1. The number of benzene rings is 1. The third-order valence-electron chi connectivity index (χ3n) is 7.33. The highest BCUT2D eigenvalue weighted by Crippen LogP contribution is 2.41. The van der Waals surface area contributed by atoms with E-state index in [1.807, 2.05) is 6.92 Å². The Morgan fingerprint density at radius 1 is 1.13 bits per heavy atom. The molecule has 0 radical (unpaired) electrons. The van der Waals surface area contributed by atoms with Crippen LogP contribution in [0.2, 0.25) is 0 Å². The van der Waals surface area contributed by atoms with Crippen LogP contribution in [0.4, 0.5) is 4.39 Å².